The van der Waals surface area contributed by atoms with Crippen LogP contribution < -0.4 is 29.6 Å². The van der Waals surface area contributed by atoms with E-state index in [9.17, 15) is 22.6 Å². The Bertz CT molecular complexity index is 1060. The second-order valence-electron chi connectivity index (χ2n) is 6.48. The van der Waals surface area contributed by atoms with Gasteiger partial charge >= 0.3 is 46.0 Å². The van der Waals surface area contributed by atoms with Crippen molar-refractivity contribution in [2.45, 2.75) is 29.1 Å². The summed E-state index contributed by atoms with van der Waals surface area (Å²) in [5.41, 5.74) is 0.771. The molecule has 2 aliphatic heterocycles. The molecule has 2 aliphatic rings. The number of benzene rings is 1. The van der Waals surface area contributed by atoms with Crippen LogP contribution in [0.25, 0.3) is 0 Å². The first-order valence-corrected chi connectivity index (χ1v) is 10.7. The van der Waals surface area contributed by atoms with Crippen molar-refractivity contribution in [1.82, 2.24) is 29.4 Å². The van der Waals surface area contributed by atoms with Crippen molar-refractivity contribution in [1.29, 1.82) is 0 Å². The van der Waals surface area contributed by atoms with Gasteiger partial charge < -0.3 is 6.16 Å². The first kappa shape index (κ1) is 23.0. The van der Waals surface area contributed by atoms with E-state index in [2.05, 4.69) is 15.5 Å². The molecule has 1 aromatic heterocycles. The first-order valence-electron chi connectivity index (χ1n) is 8.44. The van der Waals surface area contributed by atoms with Crippen LogP contribution in [-0.4, -0.2) is 78.3 Å². The fraction of sp³-hybridized carbons (Fsp3) is 0.400. The molecule has 4 rings (SSSR count). The summed E-state index contributed by atoms with van der Waals surface area (Å²) in [6, 6.07) is 7.02. The molecule has 15 heteroatoms. The summed E-state index contributed by atoms with van der Waals surface area (Å²) >= 11 is 1.11. The first-order chi connectivity index (χ1) is 13.8. The van der Waals surface area contributed by atoms with Gasteiger partial charge in [0.1, 0.15) is 12.6 Å². The summed E-state index contributed by atoms with van der Waals surface area (Å²) in [6.45, 7) is 0.0347. The third-order valence-electron chi connectivity index (χ3n) is 4.68. The molecule has 2 saturated heterocycles. The van der Waals surface area contributed by atoms with Crippen molar-refractivity contribution < 1.29 is 58.3 Å². The molecule has 3 heterocycles. The average Bonchev–Trinajstić information content (AvgIpc) is 3.21. The molecular formula is C15H17N6NaO6S2. The van der Waals surface area contributed by atoms with Crippen LogP contribution in [0.3, 0.4) is 0 Å². The van der Waals surface area contributed by atoms with Crippen molar-refractivity contribution in [2.75, 3.05) is 6.54 Å². The number of aryl methyl sites for hydroxylation is 1. The fourth-order valence-corrected chi connectivity index (χ4v) is 5.55. The maximum Gasteiger partial charge on any atom is 1.00 e. The molecule has 156 valence electrons. The summed E-state index contributed by atoms with van der Waals surface area (Å²) in [6.07, 6.45) is -0.744. The van der Waals surface area contributed by atoms with E-state index >= 15 is 0 Å². The SMILES string of the molecule is Cn1nnnc1S[C@@H]1CN(C(=O)OCc2ccccc2)[C@@H]2C(=O)N(S(=O)(=O)O)[C@@H]21.[H-].[Na+]. The molecule has 2 fully saturated rings. The number of aromatic nitrogens is 4. The molecule has 2 aromatic rings. The van der Waals surface area contributed by atoms with E-state index in [1.165, 1.54) is 9.58 Å². The molecule has 0 radical (unpaired) electrons. The summed E-state index contributed by atoms with van der Waals surface area (Å²) in [5, 5.41) is 10.8. The van der Waals surface area contributed by atoms with Crippen LogP contribution >= 0.6 is 11.8 Å². The summed E-state index contributed by atoms with van der Waals surface area (Å²) in [4.78, 5) is 26.1. The predicted molar refractivity (Wildman–Crippen MR) is 98.9 cm³/mol. The maximum atomic E-state index is 12.6. The Kier molecular flexibility index (Phi) is 6.74. The Hall–Kier alpha value is -1.71. The molecule has 1 N–H and O–H groups in total. The minimum atomic E-state index is -4.76. The second kappa shape index (κ2) is 8.80. The number of β-lactam (4-membered cyclic amide) rings is 1. The Morgan fingerprint density at radius 3 is 2.67 bits per heavy atom. The number of ether oxygens (including phenoxy) is 1. The fourth-order valence-electron chi connectivity index (χ4n) is 3.38. The zero-order valence-electron chi connectivity index (χ0n) is 17.0. The topological polar surface area (TPSA) is 148 Å². The number of amides is 2. The van der Waals surface area contributed by atoms with E-state index < -0.39 is 39.6 Å². The minimum Gasteiger partial charge on any atom is -1.00 e. The molecular weight excluding hydrogens is 447 g/mol. The molecule has 0 bridgehead atoms. The predicted octanol–water partition coefficient (Wildman–Crippen LogP) is -3.18. The van der Waals surface area contributed by atoms with Crippen LogP contribution in [0, 0.1) is 0 Å². The maximum absolute atomic E-state index is 12.6. The average molecular weight is 464 g/mol. The molecule has 0 spiro atoms. The Labute approximate surface area is 199 Å². The molecule has 0 saturated carbocycles. The van der Waals surface area contributed by atoms with Gasteiger partial charge in [-0.2, -0.15) is 8.42 Å². The van der Waals surface area contributed by atoms with Gasteiger partial charge in [0.2, 0.25) is 5.16 Å². The molecule has 3 atom stereocenters. The zero-order chi connectivity index (χ0) is 20.8. The molecule has 30 heavy (non-hydrogen) atoms. The Balaban J connectivity index is 0.00000171. The number of likely N-dealkylation sites (tertiary alicyclic amines) is 1. The van der Waals surface area contributed by atoms with Gasteiger partial charge in [0.25, 0.3) is 5.91 Å². The smallest absolute Gasteiger partial charge is 1.00 e. The van der Waals surface area contributed by atoms with E-state index in [-0.39, 0.29) is 44.1 Å². The Morgan fingerprint density at radius 2 is 2.07 bits per heavy atom. The largest absolute Gasteiger partial charge is 1.00 e. The number of thioether (sulfide) groups is 1. The number of tetrazole rings is 1. The van der Waals surface area contributed by atoms with Crippen LogP contribution in [0.2, 0.25) is 0 Å². The summed E-state index contributed by atoms with van der Waals surface area (Å²) in [7, 11) is -3.16. The van der Waals surface area contributed by atoms with E-state index in [4.69, 9.17) is 4.74 Å². The molecule has 1 aromatic carbocycles. The van der Waals surface area contributed by atoms with Gasteiger partial charge in [-0.3, -0.25) is 14.2 Å². The number of hydrogen-bond donors (Lipinski definition) is 1. The van der Waals surface area contributed by atoms with Crippen LogP contribution in [0.15, 0.2) is 35.5 Å². The second-order valence-corrected chi connectivity index (χ2v) is 8.98. The van der Waals surface area contributed by atoms with Crippen molar-refractivity contribution in [3.63, 3.8) is 0 Å². The van der Waals surface area contributed by atoms with Crippen LogP contribution in [0.5, 0.6) is 0 Å². The van der Waals surface area contributed by atoms with Crippen LogP contribution in [0.1, 0.15) is 6.99 Å². The third kappa shape index (κ3) is 4.20. The number of rotatable bonds is 5. The standard InChI is InChI=1S/C15H16N6O6S2.Na.H/c1-19-14(16-17-18-19)28-10-7-20(12-11(10)21(13(12)22)29(24,25)26)15(23)27-8-9-5-3-2-4-6-9;;/h2-6,10-12H,7-8H2,1H3,(H,24,25,26);;/q;+1;-1/t10-,11-,12+;;/m1../s1. The molecule has 0 unspecified atom stereocenters. The van der Waals surface area contributed by atoms with Crippen LogP contribution in [0.4, 0.5) is 4.79 Å². The Morgan fingerprint density at radius 1 is 1.37 bits per heavy atom. The normalized spacial score (nSPS) is 22.9. The van der Waals surface area contributed by atoms with Gasteiger partial charge in [-0.1, -0.05) is 42.1 Å². The zero-order valence-corrected chi connectivity index (χ0v) is 19.7. The number of fused-ring (bicyclic) bond motifs is 1. The van der Waals surface area contributed by atoms with E-state index in [0.29, 0.717) is 9.46 Å². The van der Waals surface area contributed by atoms with Crippen molar-refractivity contribution in [3.8, 4) is 0 Å². The van der Waals surface area contributed by atoms with Gasteiger partial charge in [-0.25, -0.2) is 13.8 Å². The van der Waals surface area contributed by atoms with Crippen molar-refractivity contribution in [2.24, 2.45) is 7.05 Å². The van der Waals surface area contributed by atoms with E-state index in [1.807, 2.05) is 6.07 Å². The van der Waals surface area contributed by atoms with Gasteiger partial charge in [-0.15, -0.1) is 5.10 Å². The minimum absolute atomic E-state index is 0. The van der Waals surface area contributed by atoms with E-state index in [0.717, 1.165) is 17.3 Å². The van der Waals surface area contributed by atoms with Crippen molar-refractivity contribution in [3.05, 3.63) is 35.9 Å². The quantitative estimate of drug-likeness (QED) is 0.273. The number of carbonyl (C=O) groups is 2. The van der Waals surface area contributed by atoms with Crippen molar-refractivity contribution >= 4 is 34.1 Å². The number of carbonyl (C=O) groups excluding carboxylic acids is 2. The monoisotopic (exact) mass is 464 g/mol. The van der Waals surface area contributed by atoms with Gasteiger partial charge in [0.15, 0.2) is 0 Å². The van der Waals surface area contributed by atoms with Crippen LogP contribution in [-0.2, 0) is 33.5 Å². The number of hydrogen-bond acceptors (Lipinski definition) is 9. The van der Waals surface area contributed by atoms with Gasteiger partial charge in [0.05, 0.1) is 11.3 Å². The number of nitrogens with zero attached hydrogens (tertiary/aromatic N) is 6. The molecule has 12 nitrogen and oxygen atoms in total. The van der Waals surface area contributed by atoms with E-state index in [1.54, 1.807) is 31.3 Å². The van der Waals surface area contributed by atoms with Gasteiger partial charge in [0, 0.05) is 13.6 Å². The third-order valence-corrected chi connectivity index (χ3v) is 6.89. The van der Waals surface area contributed by atoms with Gasteiger partial charge in [-0.05, 0) is 16.0 Å². The summed E-state index contributed by atoms with van der Waals surface area (Å²) in [5.74, 6) is -0.881. The molecule has 0 aliphatic carbocycles. The molecule has 2 amide bonds. The summed E-state index contributed by atoms with van der Waals surface area (Å²) < 4.78 is 39.8.